The van der Waals surface area contributed by atoms with Crippen LogP contribution in [0.2, 0.25) is 0 Å². The number of para-hydroxylation sites is 4. The molecule has 0 unspecified atom stereocenters. The Labute approximate surface area is 206 Å². The van der Waals surface area contributed by atoms with Gasteiger partial charge in [0.2, 0.25) is 5.89 Å². The maximum absolute atomic E-state index is 6.18. The highest BCUT2D eigenvalue weighted by Gasteiger charge is 2.20. The Balaban J connectivity index is 1.50. The minimum atomic E-state index is 0.657. The number of hydrogen-bond acceptors (Lipinski definition) is 4. The second-order valence-corrected chi connectivity index (χ2v) is 9.48. The summed E-state index contributed by atoms with van der Waals surface area (Å²) in [6, 6.07) is 41.9. The highest BCUT2D eigenvalue weighted by molar-refractivity contribution is 7.26. The number of aromatic nitrogens is 1. The Morgan fingerprint density at radius 3 is 2.06 bits per heavy atom. The van der Waals surface area contributed by atoms with Crippen LogP contribution in [-0.4, -0.2) is 4.98 Å². The summed E-state index contributed by atoms with van der Waals surface area (Å²) in [5, 5.41) is 2.39. The quantitative estimate of drug-likeness (QED) is 0.258. The van der Waals surface area contributed by atoms with Gasteiger partial charge < -0.3 is 9.32 Å². The van der Waals surface area contributed by atoms with Crippen molar-refractivity contribution in [3.63, 3.8) is 0 Å². The SMILES string of the molecule is c1ccc(N(c2ccccc2)c2cccc3c2sc2cccc(-c4nc5ccccc5o4)c23)cc1. The molecule has 0 spiro atoms. The molecule has 0 fully saturated rings. The number of nitrogens with zero attached hydrogens (tertiary/aromatic N) is 2. The van der Waals surface area contributed by atoms with Crippen molar-refractivity contribution in [3.05, 3.63) is 121 Å². The van der Waals surface area contributed by atoms with Crippen LogP contribution in [0.25, 0.3) is 42.7 Å². The highest BCUT2D eigenvalue weighted by Crippen LogP contribution is 2.46. The van der Waals surface area contributed by atoms with Crippen molar-refractivity contribution in [2.45, 2.75) is 0 Å². The number of anilines is 3. The van der Waals surface area contributed by atoms with E-state index in [9.17, 15) is 0 Å². The van der Waals surface area contributed by atoms with Gasteiger partial charge in [0.25, 0.3) is 0 Å². The molecule has 2 aromatic heterocycles. The maximum Gasteiger partial charge on any atom is 0.227 e. The van der Waals surface area contributed by atoms with Crippen molar-refractivity contribution < 1.29 is 4.42 Å². The average Bonchev–Trinajstić information content (AvgIpc) is 3.52. The summed E-state index contributed by atoms with van der Waals surface area (Å²) in [5.74, 6) is 0.657. The van der Waals surface area contributed by atoms with Crippen molar-refractivity contribution in [2.24, 2.45) is 0 Å². The van der Waals surface area contributed by atoms with Crippen LogP contribution in [0.1, 0.15) is 0 Å². The van der Waals surface area contributed by atoms with Crippen molar-refractivity contribution in [1.82, 2.24) is 4.98 Å². The smallest absolute Gasteiger partial charge is 0.227 e. The lowest BCUT2D eigenvalue weighted by Gasteiger charge is -2.25. The zero-order valence-electron chi connectivity index (χ0n) is 18.8. The largest absolute Gasteiger partial charge is 0.436 e. The third-order valence-electron chi connectivity index (χ3n) is 6.30. The van der Waals surface area contributed by atoms with Gasteiger partial charge in [0, 0.05) is 32.4 Å². The van der Waals surface area contributed by atoms with Crippen molar-refractivity contribution in [3.8, 4) is 11.5 Å². The first kappa shape index (κ1) is 20.0. The van der Waals surface area contributed by atoms with E-state index in [2.05, 4.69) is 102 Å². The summed E-state index contributed by atoms with van der Waals surface area (Å²) >= 11 is 1.81. The molecule has 0 bridgehead atoms. The van der Waals surface area contributed by atoms with Crippen molar-refractivity contribution in [1.29, 1.82) is 0 Å². The van der Waals surface area contributed by atoms with Crippen LogP contribution >= 0.6 is 11.3 Å². The summed E-state index contributed by atoms with van der Waals surface area (Å²) in [7, 11) is 0. The fraction of sp³-hybridized carbons (Fsp3) is 0. The molecule has 5 aromatic carbocycles. The average molecular weight is 469 g/mol. The topological polar surface area (TPSA) is 29.3 Å². The van der Waals surface area contributed by atoms with Crippen LogP contribution in [0.15, 0.2) is 126 Å². The van der Waals surface area contributed by atoms with E-state index < -0.39 is 0 Å². The molecule has 0 saturated carbocycles. The number of thiophene rings is 1. The molecule has 3 nitrogen and oxygen atoms in total. The molecule has 0 aliphatic carbocycles. The molecule has 0 radical (unpaired) electrons. The number of benzene rings is 5. The Kier molecular flexibility index (Phi) is 4.64. The predicted octanol–water partition coefficient (Wildman–Crippen LogP) is 9.33. The minimum absolute atomic E-state index is 0.657. The van der Waals surface area contributed by atoms with Crippen molar-refractivity contribution in [2.75, 3.05) is 4.90 Å². The normalized spacial score (nSPS) is 11.4. The van der Waals surface area contributed by atoms with Gasteiger partial charge in [-0.2, -0.15) is 0 Å². The lowest BCUT2D eigenvalue weighted by Crippen LogP contribution is -2.09. The van der Waals surface area contributed by atoms with E-state index in [1.54, 1.807) is 0 Å². The van der Waals surface area contributed by atoms with E-state index in [0.29, 0.717) is 5.89 Å². The molecule has 4 heteroatoms. The van der Waals surface area contributed by atoms with E-state index in [-0.39, 0.29) is 0 Å². The molecule has 7 aromatic rings. The summed E-state index contributed by atoms with van der Waals surface area (Å²) < 4.78 is 8.63. The molecular formula is C31H20N2OS. The van der Waals surface area contributed by atoms with Gasteiger partial charge in [0.05, 0.1) is 10.4 Å². The van der Waals surface area contributed by atoms with Gasteiger partial charge >= 0.3 is 0 Å². The van der Waals surface area contributed by atoms with Crippen LogP contribution in [0.4, 0.5) is 17.1 Å². The third-order valence-corrected chi connectivity index (χ3v) is 7.49. The van der Waals surface area contributed by atoms with Gasteiger partial charge in [-0.05, 0) is 54.6 Å². The Bertz CT molecular complexity index is 1730. The highest BCUT2D eigenvalue weighted by atomic mass is 32.1. The van der Waals surface area contributed by atoms with Crippen LogP contribution in [0.5, 0.6) is 0 Å². The Morgan fingerprint density at radius 1 is 0.629 bits per heavy atom. The van der Waals surface area contributed by atoms with E-state index in [1.807, 2.05) is 35.6 Å². The van der Waals surface area contributed by atoms with Crippen LogP contribution < -0.4 is 4.90 Å². The zero-order valence-corrected chi connectivity index (χ0v) is 19.6. The monoisotopic (exact) mass is 468 g/mol. The molecule has 0 aliphatic heterocycles. The molecule has 2 heterocycles. The van der Waals surface area contributed by atoms with Crippen LogP contribution in [0.3, 0.4) is 0 Å². The maximum atomic E-state index is 6.18. The van der Waals surface area contributed by atoms with E-state index in [0.717, 1.165) is 33.7 Å². The van der Waals surface area contributed by atoms with E-state index >= 15 is 0 Å². The molecule has 35 heavy (non-hydrogen) atoms. The molecule has 0 saturated heterocycles. The second kappa shape index (κ2) is 8.12. The number of fused-ring (bicyclic) bond motifs is 4. The van der Waals surface area contributed by atoms with Gasteiger partial charge in [-0.25, -0.2) is 4.98 Å². The zero-order chi connectivity index (χ0) is 23.2. The summed E-state index contributed by atoms with van der Waals surface area (Å²) in [6.07, 6.45) is 0. The molecule has 0 aliphatic rings. The Hall–Kier alpha value is -4.41. The molecule has 166 valence electrons. The minimum Gasteiger partial charge on any atom is -0.436 e. The molecule has 0 atom stereocenters. The fourth-order valence-electron chi connectivity index (χ4n) is 4.76. The summed E-state index contributed by atoms with van der Waals surface area (Å²) in [6.45, 7) is 0. The molecule has 7 rings (SSSR count). The fourth-order valence-corrected chi connectivity index (χ4v) is 5.99. The lowest BCUT2D eigenvalue weighted by molar-refractivity contribution is 0.620. The summed E-state index contributed by atoms with van der Waals surface area (Å²) in [5.41, 5.74) is 6.11. The number of hydrogen-bond donors (Lipinski definition) is 0. The van der Waals surface area contributed by atoms with Crippen molar-refractivity contribution >= 4 is 59.7 Å². The Morgan fingerprint density at radius 2 is 1.31 bits per heavy atom. The van der Waals surface area contributed by atoms with Gasteiger partial charge in [0.15, 0.2) is 5.58 Å². The van der Waals surface area contributed by atoms with Crippen LogP contribution in [-0.2, 0) is 0 Å². The molecular weight excluding hydrogens is 448 g/mol. The van der Waals surface area contributed by atoms with Gasteiger partial charge in [-0.1, -0.05) is 66.7 Å². The number of rotatable bonds is 4. The second-order valence-electron chi connectivity index (χ2n) is 8.43. The predicted molar refractivity (Wildman–Crippen MR) is 147 cm³/mol. The first-order chi connectivity index (χ1) is 17.4. The van der Waals surface area contributed by atoms with Crippen LogP contribution in [0, 0.1) is 0 Å². The first-order valence-corrected chi connectivity index (χ1v) is 12.4. The molecule has 0 N–H and O–H groups in total. The standard InChI is InChI=1S/C31H20N2OS/c1-3-11-21(12-4-1)33(22-13-5-2-6-14-22)26-18-9-15-23-29-24(16-10-20-28(29)35-30(23)26)31-32-25-17-7-8-19-27(25)34-31/h1-20H. The van der Waals surface area contributed by atoms with Gasteiger partial charge in [-0.3, -0.25) is 0 Å². The van der Waals surface area contributed by atoms with E-state index in [4.69, 9.17) is 9.40 Å². The first-order valence-electron chi connectivity index (χ1n) is 11.6. The lowest BCUT2D eigenvalue weighted by atomic mass is 10.1. The summed E-state index contributed by atoms with van der Waals surface area (Å²) in [4.78, 5) is 7.13. The van der Waals surface area contributed by atoms with E-state index in [1.165, 1.54) is 20.2 Å². The molecule has 0 amide bonds. The third kappa shape index (κ3) is 3.30. The van der Waals surface area contributed by atoms with Gasteiger partial charge in [0.1, 0.15) is 5.52 Å². The van der Waals surface area contributed by atoms with Gasteiger partial charge in [-0.15, -0.1) is 11.3 Å². The number of oxazole rings is 1.